The van der Waals surface area contributed by atoms with Gasteiger partial charge >= 0.3 is 0 Å². The Balaban J connectivity index is 1.22. The largest absolute Gasteiger partial charge is 0.497 e. The highest BCUT2D eigenvalue weighted by Gasteiger charge is 2.33. The third kappa shape index (κ3) is 6.37. The molecule has 1 atom stereocenters. The van der Waals surface area contributed by atoms with Crippen LogP contribution in [0.2, 0.25) is 0 Å². The lowest BCUT2D eigenvalue weighted by Crippen LogP contribution is -2.28. The Morgan fingerprint density at radius 2 is 1.87 bits per heavy atom. The molecule has 2 aromatic heterocycles. The zero-order valence-electron chi connectivity index (χ0n) is 21.6. The molecule has 0 aliphatic carbocycles. The van der Waals surface area contributed by atoms with Gasteiger partial charge in [0.2, 0.25) is 5.91 Å². The molecule has 2 aromatic carbocycles. The summed E-state index contributed by atoms with van der Waals surface area (Å²) >= 11 is 2.91. The van der Waals surface area contributed by atoms with Crippen molar-refractivity contribution in [2.45, 2.75) is 30.6 Å². The van der Waals surface area contributed by atoms with E-state index in [-0.39, 0.29) is 30.2 Å². The standard InChI is InChI=1S/C28H28N6O3S2/c1-33-25(17-29-26(35)15-19-7-4-3-5-8-19)30-31-28(33)39-18-27(36)34-23(20-10-12-21(37-2)13-11-20)16-22(32-34)24-9-6-14-38-24/h3-14,23H,15-18H2,1-2H3,(H,29,35). The van der Waals surface area contributed by atoms with E-state index in [0.717, 1.165) is 27.5 Å². The molecule has 0 radical (unpaired) electrons. The number of nitrogens with zero attached hydrogens (tertiary/aromatic N) is 5. The molecule has 0 bridgehead atoms. The van der Waals surface area contributed by atoms with Gasteiger partial charge < -0.3 is 14.6 Å². The van der Waals surface area contributed by atoms with E-state index in [1.807, 2.05) is 79.2 Å². The molecular weight excluding hydrogens is 532 g/mol. The van der Waals surface area contributed by atoms with E-state index in [1.54, 1.807) is 28.0 Å². The summed E-state index contributed by atoms with van der Waals surface area (Å²) in [6.45, 7) is 0.254. The summed E-state index contributed by atoms with van der Waals surface area (Å²) in [5.74, 6) is 1.32. The van der Waals surface area contributed by atoms with Crippen LogP contribution in [0, 0.1) is 0 Å². The maximum atomic E-state index is 13.4. The smallest absolute Gasteiger partial charge is 0.253 e. The first-order valence-corrected chi connectivity index (χ1v) is 14.3. The number of ether oxygens (including phenoxy) is 1. The van der Waals surface area contributed by atoms with Gasteiger partial charge in [-0.1, -0.05) is 60.3 Å². The molecule has 0 fully saturated rings. The molecule has 1 aliphatic heterocycles. The number of nitrogens with one attached hydrogen (secondary N) is 1. The topological polar surface area (TPSA) is 102 Å². The maximum absolute atomic E-state index is 13.4. The van der Waals surface area contributed by atoms with Gasteiger partial charge in [0.1, 0.15) is 5.75 Å². The zero-order chi connectivity index (χ0) is 27.2. The minimum absolute atomic E-state index is 0.0911. The average molecular weight is 561 g/mol. The van der Waals surface area contributed by atoms with Crippen molar-refractivity contribution in [2.24, 2.45) is 12.1 Å². The lowest BCUT2D eigenvalue weighted by Gasteiger charge is -2.22. The van der Waals surface area contributed by atoms with Gasteiger partial charge in [0.15, 0.2) is 11.0 Å². The fraction of sp³-hybridized carbons (Fsp3) is 0.250. The van der Waals surface area contributed by atoms with Gasteiger partial charge in [-0.2, -0.15) is 5.10 Å². The van der Waals surface area contributed by atoms with Gasteiger partial charge in [-0.3, -0.25) is 9.59 Å². The number of rotatable bonds is 10. The molecule has 4 aromatic rings. The highest BCUT2D eigenvalue weighted by molar-refractivity contribution is 7.99. The second-order valence-corrected chi connectivity index (χ2v) is 10.8. The Hall–Kier alpha value is -3.96. The Bertz CT molecular complexity index is 1450. The van der Waals surface area contributed by atoms with Crippen LogP contribution in [0.4, 0.5) is 0 Å². The van der Waals surface area contributed by atoms with E-state index in [2.05, 4.69) is 15.5 Å². The molecule has 3 heterocycles. The van der Waals surface area contributed by atoms with Crippen LogP contribution >= 0.6 is 23.1 Å². The van der Waals surface area contributed by atoms with Crippen LogP contribution in [-0.4, -0.2) is 50.2 Å². The summed E-state index contributed by atoms with van der Waals surface area (Å²) in [6.07, 6.45) is 0.939. The van der Waals surface area contributed by atoms with Gasteiger partial charge in [-0.15, -0.1) is 21.5 Å². The third-order valence-electron chi connectivity index (χ3n) is 6.37. The Labute approximate surface area is 234 Å². The van der Waals surface area contributed by atoms with Gasteiger partial charge in [0, 0.05) is 13.5 Å². The van der Waals surface area contributed by atoms with Crippen LogP contribution in [-0.2, 0) is 29.6 Å². The van der Waals surface area contributed by atoms with Gasteiger partial charge in [-0.25, -0.2) is 5.01 Å². The number of methoxy groups -OCH3 is 1. The summed E-state index contributed by atoms with van der Waals surface area (Å²) in [6, 6.07) is 21.1. The van der Waals surface area contributed by atoms with E-state index in [9.17, 15) is 9.59 Å². The number of amides is 2. The molecule has 39 heavy (non-hydrogen) atoms. The fourth-order valence-corrected chi connectivity index (χ4v) is 5.76. The van der Waals surface area contributed by atoms with Crippen molar-refractivity contribution >= 4 is 40.6 Å². The first-order chi connectivity index (χ1) is 19.0. The Kier molecular flexibility index (Phi) is 8.38. The molecule has 1 aliphatic rings. The zero-order valence-corrected chi connectivity index (χ0v) is 23.2. The molecule has 5 rings (SSSR count). The van der Waals surface area contributed by atoms with Gasteiger partial charge in [-0.05, 0) is 34.7 Å². The number of carbonyl (C=O) groups excluding carboxylic acids is 2. The molecule has 2 amide bonds. The van der Waals surface area contributed by atoms with Crippen LogP contribution in [0.3, 0.4) is 0 Å². The van der Waals surface area contributed by atoms with Crippen molar-refractivity contribution in [2.75, 3.05) is 12.9 Å². The number of hydrazone groups is 1. The molecule has 200 valence electrons. The number of hydrogen-bond donors (Lipinski definition) is 1. The second kappa shape index (κ2) is 12.3. The van der Waals surface area contributed by atoms with Crippen LogP contribution in [0.25, 0.3) is 0 Å². The Morgan fingerprint density at radius 3 is 2.59 bits per heavy atom. The summed E-state index contributed by atoms with van der Waals surface area (Å²) in [5.41, 5.74) is 2.84. The Morgan fingerprint density at radius 1 is 1.08 bits per heavy atom. The maximum Gasteiger partial charge on any atom is 0.253 e. The molecule has 0 saturated heterocycles. The molecule has 0 spiro atoms. The molecule has 1 N–H and O–H groups in total. The van der Waals surface area contributed by atoms with E-state index in [1.165, 1.54) is 11.8 Å². The number of benzene rings is 2. The van der Waals surface area contributed by atoms with E-state index in [0.29, 0.717) is 23.8 Å². The van der Waals surface area contributed by atoms with Crippen LogP contribution in [0.5, 0.6) is 5.75 Å². The number of thiophene rings is 1. The normalized spacial score (nSPS) is 14.8. The van der Waals surface area contributed by atoms with Crippen molar-refractivity contribution in [3.63, 3.8) is 0 Å². The SMILES string of the molecule is COc1ccc(C2CC(c3cccs3)=NN2C(=O)CSc2nnc(CNC(=O)Cc3ccccc3)n2C)cc1. The quantitative estimate of drug-likeness (QED) is 0.292. The summed E-state index contributed by atoms with van der Waals surface area (Å²) in [5, 5.41) is 20.3. The van der Waals surface area contributed by atoms with E-state index >= 15 is 0 Å². The highest BCUT2D eigenvalue weighted by Crippen LogP contribution is 2.35. The van der Waals surface area contributed by atoms with Crippen LogP contribution in [0.15, 0.2) is 82.4 Å². The fourth-order valence-electron chi connectivity index (χ4n) is 4.26. The molecule has 11 heteroatoms. The minimum Gasteiger partial charge on any atom is -0.497 e. The number of hydrogen-bond acceptors (Lipinski definition) is 8. The van der Waals surface area contributed by atoms with Crippen molar-refractivity contribution < 1.29 is 14.3 Å². The number of aromatic nitrogens is 3. The molecule has 1 unspecified atom stereocenters. The lowest BCUT2D eigenvalue weighted by molar-refractivity contribution is -0.130. The summed E-state index contributed by atoms with van der Waals surface area (Å²) in [7, 11) is 3.46. The van der Waals surface area contributed by atoms with Crippen molar-refractivity contribution in [1.82, 2.24) is 25.1 Å². The number of thioether (sulfide) groups is 1. The average Bonchev–Trinajstić information content (AvgIpc) is 3.72. The van der Waals surface area contributed by atoms with Gasteiger partial charge in [0.25, 0.3) is 5.91 Å². The monoisotopic (exact) mass is 560 g/mol. The van der Waals surface area contributed by atoms with E-state index in [4.69, 9.17) is 9.84 Å². The predicted molar refractivity (Wildman–Crippen MR) is 152 cm³/mol. The summed E-state index contributed by atoms with van der Waals surface area (Å²) in [4.78, 5) is 26.8. The second-order valence-electron chi connectivity index (χ2n) is 8.94. The highest BCUT2D eigenvalue weighted by atomic mass is 32.2. The van der Waals surface area contributed by atoms with Crippen LogP contribution in [0.1, 0.15) is 34.3 Å². The van der Waals surface area contributed by atoms with E-state index < -0.39 is 0 Å². The predicted octanol–water partition coefficient (Wildman–Crippen LogP) is 4.21. The lowest BCUT2D eigenvalue weighted by atomic mass is 10.0. The molecule has 9 nitrogen and oxygen atoms in total. The number of carbonyl (C=O) groups is 2. The third-order valence-corrected chi connectivity index (χ3v) is 8.30. The molecule has 0 saturated carbocycles. The summed E-state index contributed by atoms with van der Waals surface area (Å²) < 4.78 is 7.09. The van der Waals surface area contributed by atoms with Crippen molar-refractivity contribution in [1.29, 1.82) is 0 Å². The van der Waals surface area contributed by atoms with Gasteiger partial charge in [0.05, 0.1) is 42.5 Å². The van der Waals surface area contributed by atoms with Crippen molar-refractivity contribution in [3.8, 4) is 5.75 Å². The van der Waals surface area contributed by atoms with Crippen LogP contribution < -0.4 is 10.1 Å². The van der Waals surface area contributed by atoms with Crippen molar-refractivity contribution in [3.05, 3.63) is 93.9 Å². The molecular formula is C28H28N6O3S2. The first-order valence-electron chi connectivity index (χ1n) is 12.4. The first kappa shape index (κ1) is 26.6. The minimum atomic E-state index is -0.198.